The molecule has 0 fully saturated rings. The third-order valence-electron chi connectivity index (χ3n) is 5.30. The van der Waals surface area contributed by atoms with Gasteiger partial charge in [0.2, 0.25) is 5.91 Å². The summed E-state index contributed by atoms with van der Waals surface area (Å²) in [6, 6.07) is 23.1. The Kier molecular flexibility index (Phi) is 8.54. The number of likely N-dealkylation sites (N-methyl/N-ethyl adjacent to an activating group) is 1. The zero-order valence-corrected chi connectivity index (χ0v) is 20.6. The number of nitrogens with zero attached hydrogens (tertiary/aromatic N) is 2. The molecule has 0 atom stereocenters. The van der Waals surface area contributed by atoms with Crippen molar-refractivity contribution in [2.45, 2.75) is 18.7 Å². The molecule has 1 N–H and O–H groups in total. The minimum Gasteiger partial charge on any atom is -0.494 e. The normalized spacial score (nSPS) is 11.0. The fourth-order valence-corrected chi connectivity index (χ4v) is 4.81. The maximum atomic E-state index is 13.5. The number of anilines is 2. The molecule has 0 unspecified atom stereocenters. The first kappa shape index (κ1) is 25.1. The van der Waals surface area contributed by atoms with E-state index >= 15 is 0 Å². The molecule has 0 aliphatic carbocycles. The number of para-hydroxylation sites is 1. The Morgan fingerprint density at radius 1 is 0.912 bits per heavy atom. The fraction of sp³-hybridized carbons (Fsp3) is 0.269. The van der Waals surface area contributed by atoms with E-state index in [9.17, 15) is 13.2 Å². The molecule has 0 aromatic heterocycles. The van der Waals surface area contributed by atoms with E-state index in [1.54, 1.807) is 48.5 Å². The number of ether oxygens (including phenoxy) is 1. The molecule has 0 heterocycles. The lowest BCUT2D eigenvalue weighted by atomic mass is 10.2. The van der Waals surface area contributed by atoms with Crippen LogP contribution in [0.15, 0.2) is 83.8 Å². The van der Waals surface area contributed by atoms with Gasteiger partial charge in [-0.3, -0.25) is 9.10 Å². The largest absolute Gasteiger partial charge is 0.494 e. The van der Waals surface area contributed by atoms with E-state index in [4.69, 9.17) is 4.74 Å². The predicted octanol–water partition coefficient (Wildman–Crippen LogP) is 3.84. The van der Waals surface area contributed by atoms with Gasteiger partial charge in [-0.15, -0.1) is 0 Å². The van der Waals surface area contributed by atoms with Gasteiger partial charge in [-0.2, -0.15) is 0 Å². The van der Waals surface area contributed by atoms with Crippen molar-refractivity contribution in [1.29, 1.82) is 0 Å². The third kappa shape index (κ3) is 6.51. The lowest BCUT2D eigenvalue weighted by Crippen LogP contribution is -2.42. The molecule has 3 rings (SSSR count). The van der Waals surface area contributed by atoms with Gasteiger partial charge in [0, 0.05) is 25.8 Å². The second-order valence-corrected chi connectivity index (χ2v) is 9.72. The molecular weight excluding hydrogens is 450 g/mol. The molecule has 34 heavy (non-hydrogen) atoms. The minimum absolute atomic E-state index is 0.128. The highest BCUT2D eigenvalue weighted by Crippen LogP contribution is 2.26. The lowest BCUT2D eigenvalue weighted by Gasteiger charge is -2.25. The van der Waals surface area contributed by atoms with Gasteiger partial charge in [0.05, 0.1) is 17.2 Å². The van der Waals surface area contributed by atoms with Crippen molar-refractivity contribution in [1.82, 2.24) is 5.32 Å². The molecule has 0 bridgehead atoms. The fourth-order valence-electron chi connectivity index (χ4n) is 3.39. The number of amides is 1. The molecule has 0 radical (unpaired) electrons. The topological polar surface area (TPSA) is 79.0 Å². The smallest absolute Gasteiger partial charge is 0.264 e. The maximum Gasteiger partial charge on any atom is 0.264 e. The van der Waals surface area contributed by atoms with Gasteiger partial charge in [0.15, 0.2) is 0 Å². The Balaban J connectivity index is 1.75. The molecule has 1 amide bonds. The molecule has 180 valence electrons. The van der Waals surface area contributed by atoms with Crippen LogP contribution in [0.25, 0.3) is 0 Å². The van der Waals surface area contributed by atoms with Crippen LogP contribution >= 0.6 is 0 Å². The number of aryl methyl sites for hydroxylation is 1. The Labute approximate surface area is 202 Å². The van der Waals surface area contributed by atoms with Crippen LogP contribution in [0.2, 0.25) is 0 Å². The van der Waals surface area contributed by atoms with Crippen LogP contribution in [-0.4, -0.2) is 47.6 Å². The van der Waals surface area contributed by atoms with E-state index in [1.807, 2.05) is 56.1 Å². The highest BCUT2D eigenvalue weighted by Gasteiger charge is 2.27. The zero-order valence-electron chi connectivity index (χ0n) is 19.8. The predicted molar refractivity (Wildman–Crippen MR) is 136 cm³/mol. The summed E-state index contributed by atoms with van der Waals surface area (Å²) in [6.07, 6.45) is 0. The van der Waals surface area contributed by atoms with Crippen LogP contribution in [-0.2, 0) is 14.8 Å². The van der Waals surface area contributed by atoms with Gasteiger partial charge < -0.3 is 15.0 Å². The van der Waals surface area contributed by atoms with Crippen LogP contribution in [0, 0.1) is 6.92 Å². The number of benzene rings is 3. The molecular formula is C26H31N3O4S. The van der Waals surface area contributed by atoms with Gasteiger partial charge in [0.25, 0.3) is 10.0 Å². The van der Waals surface area contributed by atoms with Crippen molar-refractivity contribution in [3.8, 4) is 5.75 Å². The van der Waals surface area contributed by atoms with Crippen LogP contribution in [0.1, 0.15) is 12.5 Å². The van der Waals surface area contributed by atoms with Crippen molar-refractivity contribution in [2.24, 2.45) is 0 Å². The number of hydrogen-bond donors (Lipinski definition) is 1. The van der Waals surface area contributed by atoms with E-state index in [-0.39, 0.29) is 17.3 Å². The zero-order chi connectivity index (χ0) is 24.6. The van der Waals surface area contributed by atoms with Crippen molar-refractivity contribution < 1.29 is 17.9 Å². The number of sulfonamides is 1. The van der Waals surface area contributed by atoms with Gasteiger partial charge in [0.1, 0.15) is 12.3 Å². The minimum atomic E-state index is -3.95. The second kappa shape index (κ2) is 11.6. The molecule has 3 aromatic carbocycles. The van der Waals surface area contributed by atoms with Crippen molar-refractivity contribution in [3.63, 3.8) is 0 Å². The molecule has 8 heteroatoms. The Morgan fingerprint density at radius 2 is 1.56 bits per heavy atom. The summed E-state index contributed by atoms with van der Waals surface area (Å²) in [4.78, 5) is 14.9. The third-order valence-corrected chi connectivity index (χ3v) is 7.09. The highest BCUT2D eigenvalue weighted by atomic mass is 32.2. The van der Waals surface area contributed by atoms with Crippen molar-refractivity contribution in [2.75, 3.05) is 42.5 Å². The molecule has 0 saturated carbocycles. The van der Waals surface area contributed by atoms with Gasteiger partial charge in [-0.1, -0.05) is 35.9 Å². The summed E-state index contributed by atoms with van der Waals surface area (Å²) in [7, 11) is -2.01. The molecule has 0 aliphatic heterocycles. The molecule has 0 aliphatic rings. The SMILES string of the molecule is CCOc1ccc(N(CC(=O)NCCN(C)c2ccccc2)S(=O)(=O)c2ccc(C)cc2)cc1. The lowest BCUT2D eigenvalue weighted by molar-refractivity contribution is -0.119. The van der Waals surface area contributed by atoms with Crippen LogP contribution in [0.3, 0.4) is 0 Å². The van der Waals surface area contributed by atoms with Crippen LogP contribution in [0.4, 0.5) is 11.4 Å². The van der Waals surface area contributed by atoms with E-state index in [0.29, 0.717) is 31.1 Å². The van der Waals surface area contributed by atoms with Gasteiger partial charge in [-0.05, 0) is 62.4 Å². The molecule has 0 spiro atoms. The Morgan fingerprint density at radius 3 is 2.18 bits per heavy atom. The first-order valence-corrected chi connectivity index (χ1v) is 12.6. The van der Waals surface area contributed by atoms with Crippen molar-refractivity contribution >= 4 is 27.3 Å². The van der Waals surface area contributed by atoms with Gasteiger partial charge >= 0.3 is 0 Å². The van der Waals surface area contributed by atoms with E-state index in [2.05, 4.69) is 5.32 Å². The first-order valence-electron chi connectivity index (χ1n) is 11.2. The molecule has 0 saturated heterocycles. The highest BCUT2D eigenvalue weighted by molar-refractivity contribution is 7.92. The van der Waals surface area contributed by atoms with E-state index in [1.165, 1.54) is 0 Å². The monoisotopic (exact) mass is 481 g/mol. The Hall–Kier alpha value is -3.52. The summed E-state index contributed by atoms with van der Waals surface area (Å²) in [6.45, 7) is 4.90. The van der Waals surface area contributed by atoms with Crippen LogP contribution in [0.5, 0.6) is 5.75 Å². The molecule has 7 nitrogen and oxygen atoms in total. The number of rotatable bonds is 11. The summed E-state index contributed by atoms with van der Waals surface area (Å²) in [5, 5.41) is 2.84. The average molecular weight is 482 g/mol. The van der Waals surface area contributed by atoms with Crippen LogP contribution < -0.4 is 19.3 Å². The van der Waals surface area contributed by atoms with Crippen molar-refractivity contribution in [3.05, 3.63) is 84.4 Å². The number of carbonyl (C=O) groups is 1. The number of hydrogen-bond acceptors (Lipinski definition) is 5. The first-order chi connectivity index (χ1) is 16.3. The standard InChI is InChI=1S/C26H31N3O4S/c1-4-33-24-14-12-23(13-15-24)29(34(31,32)25-16-10-21(2)11-17-25)20-26(30)27-18-19-28(3)22-8-6-5-7-9-22/h5-17H,4,18-20H2,1-3H3,(H,27,30). The van der Waals surface area contributed by atoms with E-state index in [0.717, 1.165) is 15.6 Å². The quantitative estimate of drug-likeness (QED) is 0.450. The van der Waals surface area contributed by atoms with Gasteiger partial charge in [-0.25, -0.2) is 8.42 Å². The average Bonchev–Trinajstić information content (AvgIpc) is 2.84. The number of carbonyl (C=O) groups excluding carboxylic acids is 1. The summed E-state index contributed by atoms with van der Waals surface area (Å²) in [5.41, 5.74) is 2.38. The summed E-state index contributed by atoms with van der Waals surface area (Å²) in [5.74, 6) is 0.248. The summed E-state index contributed by atoms with van der Waals surface area (Å²) < 4.78 is 33.5. The Bertz CT molecular complexity index is 1160. The second-order valence-electron chi connectivity index (χ2n) is 7.86. The maximum absolute atomic E-state index is 13.5. The summed E-state index contributed by atoms with van der Waals surface area (Å²) >= 11 is 0. The van der Waals surface area contributed by atoms with E-state index < -0.39 is 10.0 Å². The molecule has 3 aromatic rings. The number of nitrogens with one attached hydrogen (secondary N) is 1.